The predicted molar refractivity (Wildman–Crippen MR) is 423 cm³/mol. The summed E-state index contributed by atoms with van der Waals surface area (Å²) in [6.45, 7) is 54.6. The molecule has 492 valence electrons. The van der Waals surface area contributed by atoms with E-state index in [2.05, 4.69) is 286 Å². The maximum absolute atomic E-state index is 7.02. The van der Waals surface area contributed by atoms with Crippen molar-refractivity contribution >= 4 is 52.3 Å². The second kappa shape index (κ2) is 26.7. The Hall–Kier alpha value is -6.56. The molecular weight excluding hydrogens is 1200 g/mol. The van der Waals surface area contributed by atoms with Crippen molar-refractivity contribution in [3.05, 3.63) is 253 Å². The summed E-state index contributed by atoms with van der Waals surface area (Å²) in [6, 6.07) is 37.9. The molecular formula is C92H109ClSi2. The van der Waals surface area contributed by atoms with Gasteiger partial charge in [0.15, 0.2) is 7.38 Å². The Kier molecular flexibility index (Phi) is 19.6. The number of allylic oxidation sites excluding steroid dienone is 4. The van der Waals surface area contributed by atoms with Crippen molar-refractivity contribution in [1.29, 1.82) is 0 Å². The average molecular weight is 1310 g/mol. The maximum Gasteiger partial charge on any atom is 0.161 e. The number of hydrogen-bond acceptors (Lipinski definition) is 0. The van der Waals surface area contributed by atoms with Crippen LogP contribution in [-0.2, 0) is 42.9 Å². The summed E-state index contributed by atoms with van der Waals surface area (Å²) in [6.07, 6.45) is 18.4. The third-order valence-corrected chi connectivity index (χ3v) is 25.8. The monoisotopic (exact) mass is 1300 g/mol. The van der Waals surface area contributed by atoms with E-state index >= 15 is 0 Å². The van der Waals surface area contributed by atoms with E-state index in [1.54, 1.807) is 44.5 Å². The molecule has 3 atom stereocenters. The van der Waals surface area contributed by atoms with Gasteiger partial charge in [0.05, 0.1) is 0 Å². The highest BCUT2D eigenvalue weighted by Gasteiger charge is 2.40. The number of aryl methyl sites for hydroxylation is 10. The molecule has 3 unspecified atom stereocenters. The highest BCUT2D eigenvalue weighted by Crippen LogP contribution is 2.52. The van der Waals surface area contributed by atoms with Gasteiger partial charge in [-0.2, -0.15) is 11.1 Å². The van der Waals surface area contributed by atoms with Crippen LogP contribution in [0.15, 0.2) is 119 Å². The lowest BCUT2D eigenvalue weighted by atomic mass is 9.78. The van der Waals surface area contributed by atoms with Gasteiger partial charge in [-0.3, -0.25) is 0 Å². The highest BCUT2D eigenvalue weighted by atomic mass is 35.6. The number of benzene rings is 8. The lowest BCUT2D eigenvalue weighted by Gasteiger charge is -2.30. The quantitative estimate of drug-likeness (QED) is 0.115. The van der Waals surface area contributed by atoms with Crippen LogP contribution < -0.4 is 0 Å². The Morgan fingerprint density at radius 3 is 1.22 bits per heavy atom. The Morgan fingerprint density at radius 2 is 0.779 bits per heavy atom. The molecule has 0 spiro atoms. The minimum absolute atomic E-state index is 0.103. The molecule has 0 amide bonds. The molecule has 2 radical (unpaired) electrons. The first-order chi connectivity index (χ1) is 44.6. The van der Waals surface area contributed by atoms with Crippen molar-refractivity contribution in [2.45, 2.75) is 238 Å². The smallest absolute Gasteiger partial charge is 0.161 e. The molecule has 0 aromatic heterocycles. The van der Waals surface area contributed by atoms with Gasteiger partial charge >= 0.3 is 0 Å². The van der Waals surface area contributed by atoms with E-state index in [0.29, 0.717) is 17.0 Å². The molecule has 0 nitrogen and oxygen atoms in total. The third kappa shape index (κ3) is 14.0. The predicted octanol–water partition coefficient (Wildman–Crippen LogP) is 26.2. The van der Waals surface area contributed by atoms with E-state index in [4.69, 9.17) is 11.1 Å². The fourth-order valence-electron chi connectivity index (χ4n) is 17.9. The number of fused-ring (bicyclic) bond motifs is 6. The summed E-state index contributed by atoms with van der Waals surface area (Å²) in [5.74, 6) is 0.575. The summed E-state index contributed by atoms with van der Waals surface area (Å²) in [4.78, 5) is 0. The summed E-state index contributed by atoms with van der Waals surface area (Å²) >= 11 is 7.02. The fourth-order valence-corrected chi connectivity index (χ4v) is 22.0. The molecule has 6 aliphatic rings. The van der Waals surface area contributed by atoms with Gasteiger partial charge in [0.1, 0.15) is 0 Å². The number of halogens is 1. The molecule has 0 N–H and O–H groups in total. The van der Waals surface area contributed by atoms with Gasteiger partial charge < -0.3 is 0 Å². The van der Waals surface area contributed by atoms with Crippen LogP contribution >= 0.6 is 11.1 Å². The first kappa shape index (κ1) is 69.8. The van der Waals surface area contributed by atoms with Crippen LogP contribution in [0, 0.1) is 69.2 Å². The van der Waals surface area contributed by atoms with Crippen molar-refractivity contribution in [3.8, 4) is 44.5 Å². The molecule has 3 heteroatoms. The van der Waals surface area contributed by atoms with E-state index in [1.165, 1.54) is 194 Å². The summed E-state index contributed by atoms with van der Waals surface area (Å²) < 4.78 is 0. The molecule has 0 heterocycles. The van der Waals surface area contributed by atoms with Crippen LogP contribution in [0.2, 0.25) is 19.6 Å². The van der Waals surface area contributed by atoms with Crippen LogP contribution in [0.25, 0.3) is 68.8 Å². The van der Waals surface area contributed by atoms with Gasteiger partial charge in [-0.1, -0.05) is 256 Å². The molecule has 14 rings (SSSR count). The van der Waals surface area contributed by atoms with Crippen LogP contribution in [0.4, 0.5) is 0 Å². The molecule has 8 aromatic rings. The minimum atomic E-state index is -1.88. The van der Waals surface area contributed by atoms with E-state index in [-0.39, 0.29) is 10.8 Å². The molecule has 0 bridgehead atoms. The second-order valence-corrected chi connectivity index (χ2v) is 40.5. The largest absolute Gasteiger partial charge is 0.167 e. The zero-order valence-corrected chi connectivity index (χ0v) is 65.4. The van der Waals surface area contributed by atoms with Gasteiger partial charge in [-0.05, 0) is 292 Å². The van der Waals surface area contributed by atoms with Gasteiger partial charge in [0.2, 0.25) is 0 Å². The second-order valence-electron chi connectivity index (χ2n) is 32.7. The van der Waals surface area contributed by atoms with E-state index < -0.39 is 7.38 Å². The van der Waals surface area contributed by atoms with Crippen molar-refractivity contribution in [3.63, 3.8) is 0 Å². The highest BCUT2D eigenvalue weighted by molar-refractivity contribution is 7.20. The lowest BCUT2D eigenvalue weighted by molar-refractivity contribution is 0.585. The van der Waals surface area contributed by atoms with Crippen LogP contribution in [0.3, 0.4) is 0 Å². The molecule has 6 aliphatic carbocycles. The average Bonchev–Trinajstić information content (AvgIpc) is 1.67. The van der Waals surface area contributed by atoms with Gasteiger partial charge in [0, 0.05) is 21.0 Å². The minimum Gasteiger partial charge on any atom is -0.167 e. The molecule has 0 saturated heterocycles. The molecule has 95 heavy (non-hydrogen) atoms. The van der Waals surface area contributed by atoms with Crippen LogP contribution in [-0.4, -0.2) is 16.9 Å². The normalized spacial score (nSPS) is 17.2. The fraction of sp³-hybridized carbons (Fsp3) is 0.391. The SMILES string of the molecule is CC1=Cc2c(cc(C(C)(C)C)c(C)c2-c2cc(C)cc(C)c2)C1[Si](C)(C)Cl.CC1=Cc2c(cc3c(c2-c2cc(C)cc(C)c2)CCC3)C1C.CC1=Cc2cc3c(c(-c4cc(C)cc(C)c4)c2C1)CCC3.C[Si]C1C(C)=Cc2c1cc(C(C)(C)C)c(C)c2-c1cc(C)cc(C)c1. The summed E-state index contributed by atoms with van der Waals surface area (Å²) in [5.41, 5.74) is 53.7. The van der Waals surface area contributed by atoms with Crippen molar-refractivity contribution < 1.29 is 0 Å². The van der Waals surface area contributed by atoms with Gasteiger partial charge in [0.25, 0.3) is 0 Å². The Morgan fingerprint density at radius 1 is 0.400 bits per heavy atom. The van der Waals surface area contributed by atoms with E-state index in [1.807, 2.05) is 0 Å². The lowest BCUT2D eigenvalue weighted by Crippen LogP contribution is -2.28. The Bertz CT molecular complexity index is 4460. The topological polar surface area (TPSA) is 0 Å². The Labute approximate surface area is 583 Å². The summed E-state index contributed by atoms with van der Waals surface area (Å²) in [7, 11) is -0.963. The zero-order chi connectivity index (χ0) is 68.8. The van der Waals surface area contributed by atoms with Crippen molar-refractivity contribution in [2.24, 2.45) is 0 Å². The molecule has 8 aromatic carbocycles. The van der Waals surface area contributed by atoms with Crippen LogP contribution in [0.1, 0.15) is 240 Å². The molecule has 0 aliphatic heterocycles. The number of rotatable bonds is 6. The van der Waals surface area contributed by atoms with Gasteiger partial charge in [-0.25, -0.2) is 0 Å². The first-order valence-electron chi connectivity index (χ1n) is 35.7. The van der Waals surface area contributed by atoms with E-state index in [9.17, 15) is 0 Å². The molecule has 0 fully saturated rings. The third-order valence-electron chi connectivity index (χ3n) is 21.6. The standard InChI is InChI=1S/C25H33ClSi.C24H30Si.C22H24.C21H22/c1-15-10-16(2)12-19(11-15)23-18(4)22(25(5,6)7)14-21-20(23)13-17(3)24(21)27(8,9)26;1-14-9-15(2)11-18(10-14)22-17(4)21(24(5,6)7)13-20-19(22)12-16(3)23(20)25-8;1-13-8-14(2)10-18(9-13)22-19-7-5-6-17(19)12-20-16(4)15(3)11-21(20)22;1-13-7-14(2)10-18(9-13)21-19-6-4-5-16(19)12-17-8-15(3)11-20(17)21/h10-14,24H,1-9H3;9-13,23H,1-8H3;8-12,16H,5-7H2,1-4H3;7-10,12H,4-6,11H2,1-3H3. The zero-order valence-electron chi connectivity index (χ0n) is 62.6. The first-order valence-corrected chi connectivity index (χ1v) is 41.4. The van der Waals surface area contributed by atoms with E-state index in [0.717, 1.165) is 15.9 Å². The number of hydrogen-bond donors (Lipinski definition) is 0. The molecule has 0 saturated carbocycles. The Balaban J connectivity index is 0.000000129. The summed E-state index contributed by atoms with van der Waals surface area (Å²) in [5, 5.41) is 0. The van der Waals surface area contributed by atoms with Crippen molar-refractivity contribution in [2.75, 3.05) is 0 Å². The van der Waals surface area contributed by atoms with Gasteiger partial charge in [-0.15, -0.1) is 0 Å². The van der Waals surface area contributed by atoms with Crippen LogP contribution in [0.5, 0.6) is 0 Å². The van der Waals surface area contributed by atoms with Crippen molar-refractivity contribution in [1.82, 2.24) is 0 Å². The maximum atomic E-state index is 7.02.